The summed E-state index contributed by atoms with van der Waals surface area (Å²) in [4.78, 5) is 4.40. The third kappa shape index (κ3) is 3.70. The Morgan fingerprint density at radius 3 is 2.65 bits per heavy atom. The number of halogens is 1. The standard InChI is InChI=1S/C16H25FN2O/c1-2-8-18(11-12-20)13-14-15(17)6-5-7-16(14)19-9-3-4-10-19/h5-7,20H,2-4,8-13H2,1H3. The molecular weight excluding hydrogens is 255 g/mol. The van der Waals surface area contributed by atoms with Gasteiger partial charge in [0.1, 0.15) is 5.82 Å². The zero-order valence-corrected chi connectivity index (χ0v) is 12.3. The third-order valence-electron chi connectivity index (χ3n) is 3.88. The van der Waals surface area contributed by atoms with Crippen LogP contribution in [0, 0.1) is 5.82 Å². The van der Waals surface area contributed by atoms with Gasteiger partial charge in [-0.2, -0.15) is 0 Å². The summed E-state index contributed by atoms with van der Waals surface area (Å²) in [6.07, 6.45) is 3.38. The van der Waals surface area contributed by atoms with Crippen LogP contribution in [0.15, 0.2) is 18.2 Å². The molecule has 2 rings (SSSR count). The lowest BCUT2D eigenvalue weighted by Crippen LogP contribution is -2.29. The van der Waals surface area contributed by atoms with Gasteiger partial charge in [-0.3, -0.25) is 4.90 Å². The van der Waals surface area contributed by atoms with Crippen LogP contribution in [-0.2, 0) is 6.54 Å². The first-order valence-corrected chi connectivity index (χ1v) is 7.61. The fourth-order valence-electron chi connectivity index (χ4n) is 2.91. The lowest BCUT2D eigenvalue weighted by Gasteiger charge is -2.26. The van der Waals surface area contributed by atoms with Gasteiger partial charge in [0, 0.05) is 37.4 Å². The first-order valence-electron chi connectivity index (χ1n) is 7.61. The second-order valence-electron chi connectivity index (χ2n) is 5.43. The predicted octanol–water partition coefficient (Wildman–Crippen LogP) is 2.63. The number of hydrogen-bond acceptors (Lipinski definition) is 3. The van der Waals surface area contributed by atoms with Crippen molar-refractivity contribution in [2.75, 3.05) is 37.7 Å². The number of aliphatic hydroxyl groups is 1. The van der Waals surface area contributed by atoms with E-state index in [2.05, 4.69) is 16.7 Å². The summed E-state index contributed by atoms with van der Waals surface area (Å²) in [5.74, 6) is -0.131. The van der Waals surface area contributed by atoms with Crippen LogP contribution in [0.4, 0.5) is 10.1 Å². The lowest BCUT2D eigenvalue weighted by molar-refractivity contribution is 0.189. The Labute approximate surface area is 121 Å². The van der Waals surface area contributed by atoms with Crippen molar-refractivity contribution in [3.63, 3.8) is 0 Å². The number of aliphatic hydroxyl groups excluding tert-OH is 1. The molecule has 20 heavy (non-hydrogen) atoms. The number of rotatable bonds is 7. The van der Waals surface area contributed by atoms with E-state index >= 15 is 0 Å². The summed E-state index contributed by atoms with van der Waals surface area (Å²) >= 11 is 0. The maximum Gasteiger partial charge on any atom is 0.129 e. The highest BCUT2D eigenvalue weighted by Crippen LogP contribution is 2.27. The van der Waals surface area contributed by atoms with Gasteiger partial charge in [-0.1, -0.05) is 13.0 Å². The molecule has 0 aromatic heterocycles. The molecule has 0 radical (unpaired) electrons. The van der Waals surface area contributed by atoms with Gasteiger partial charge in [0.2, 0.25) is 0 Å². The van der Waals surface area contributed by atoms with Crippen LogP contribution in [0.5, 0.6) is 0 Å². The Kier molecular flexibility index (Phi) is 5.80. The summed E-state index contributed by atoms with van der Waals surface area (Å²) in [7, 11) is 0. The molecule has 1 heterocycles. The zero-order chi connectivity index (χ0) is 14.4. The number of hydrogen-bond donors (Lipinski definition) is 1. The van der Waals surface area contributed by atoms with Crippen molar-refractivity contribution < 1.29 is 9.50 Å². The van der Waals surface area contributed by atoms with E-state index < -0.39 is 0 Å². The van der Waals surface area contributed by atoms with Crippen molar-refractivity contribution in [3.8, 4) is 0 Å². The molecular formula is C16H25FN2O. The molecule has 0 atom stereocenters. The Bertz CT molecular complexity index is 413. The maximum absolute atomic E-state index is 14.2. The van der Waals surface area contributed by atoms with Gasteiger partial charge in [-0.15, -0.1) is 0 Å². The molecule has 1 aromatic carbocycles. The topological polar surface area (TPSA) is 26.7 Å². The first kappa shape index (κ1) is 15.3. The van der Waals surface area contributed by atoms with Crippen LogP contribution in [0.25, 0.3) is 0 Å². The lowest BCUT2D eigenvalue weighted by atomic mass is 10.1. The van der Waals surface area contributed by atoms with Crippen LogP contribution >= 0.6 is 0 Å². The quantitative estimate of drug-likeness (QED) is 0.832. The Morgan fingerprint density at radius 2 is 2.00 bits per heavy atom. The van der Waals surface area contributed by atoms with Gasteiger partial charge in [0.25, 0.3) is 0 Å². The van der Waals surface area contributed by atoms with Gasteiger partial charge in [-0.05, 0) is 37.9 Å². The van der Waals surface area contributed by atoms with Crippen molar-refractivity contribution in [1.82, 2.24) is 4.90 Å². The highest BCUT2D eigenvalue weighted by atomic mass is 19.1. The van der Waals surface area contributed by atoms with Crippen molar-refractivity contribution in [3.05, 3.63) is 29.6 Å². The highest BCUT2D eigenvalue weighted by molar-refractivity contribution is 5.54. The van der Waals surface area contributed by atoms with Gasteiger partial charge in [0.05, 0.1) is 6.61 Å². The number of benzene rings is 1. The Morgan fingerprint density at radius 1 is 1.25 bits per heavy atom. The first-order chi connectivity index (χ1) is 9.76. The summed E-state index contributed by atoms with van der Waals surface area (Å²) < 4.78 is 14.2. The van der Waals surface area contributed by atoms with E-state index in [-0.39, 0.29) is 12.4 Å². The Hall–Kier alpha value is -1.13. The monoisotopic (exact) mass is 280 g/mol. The predicted molar refractivity (Wildman–Crippen MR) is 80.5 cm³/mol. The molecule has 0 saturated carbocycles. The average molecular weight is 280 g/mol. The molecule has 1 fully saturated rings. The smallest absolute Gasteiger partial charge is 0.129 e. The van der Waals surface area contributed by atoms with Crippen LogP contribution in [0.1, 0.15) is 31.7 Å². The van der Waals surface area contributed by atoms with E-state index in [0.717, 1.165) is 37.3 Å². The zero-order valence-electron chi connectivity index (χ0n) is 12.3. The molecule has 1 aliphatic heterocycles. The number of anilines is 1. The molecule has 1 N–H and O–H groups in total. The van der Waals surface area contributed by atoms with E-state index in [0.29, 0.717) is 13.1 Å². The van der Waals surface area contributed by atoms with Crippen molar-refractivity contribution in [1.29, 1.82) is 0 Å². The fourth-order valence-corrected chi connectivity index (χ4v) is 2.91. The largest absolute Gasteiger partial charge is 0.395 e. The maximum atomic E-state index is 14.2. The summed E-state index contributed by atoms with van der Waals surface area (Å²) in [6.45, 7) is 6.32. The minimum atomic E-state index is -0.131. The summed E-state index contributed by atoms with van der Waals surface area (Å²) in [6, 6.07) is 5.35. The van der Waals surface area contributed by atoms with Crippen molar-refractivity contribution in [2.24, 2.45) is 0 Å². The van der Waals surface area contributed by atoms with Gasteiger partial charge >= 0.3 is 0 Å². The highest BCUT2D eigenvalue weighted by Gasteiger charge is 2.19. The van der Waals surface area contributed by atoms with Crippen LogP contribution in [0.3, 0.4) is 0 Å². The molecule has 0 bridgehead atoms. The van der Waals surface area contributed by atoms with E-state index in [1.54, 1.807) is 6.07 Å². The molecule has 1 saturated heterocycles. The SMILES string of the molecule is CCCN(CCO)Cc1c(F)cccc1N1CCCC1. The molecule has 1 aromatic rings. The second-order valence-corrected chi connectivity index (χ2v) is 5.43. The Balaban J connectivity index is 2.19. The second kappa shape index (κ2) is 7.60. The molecule has 3 nitrogen and oxygen atoms in total. The van der Waals surface area contributed by atoms with Crippen LogP contribution in [-0.4, -0.2) is 42.8 Å². The van der Waals surface area contributed by atoms with E-state index in [1.807, 2.05) is 6.07 Å². The average Bonchev–Trinajstić information content (AvgIpc) is 2.95. The molecule has 112 valence electrons. The van der Waals surface area contributed by atoms with Gasteiger partial charge < -0.3 is 10.0 Å². The summed E-state index contributed by atoms with van der Waals surface area (Å²) in [5, 5.41) is 9.15. The molecule has 0 aliphatic carbocycles. The normalized spacial score (nSPS) is 15.3. The number of nitrogens with zero attached hydrogens (tertiary/aromatic N) is 2. The van der Waals surface area contributed by atoms with Crippen LogP contribution < -0.4 is 4.90 Å². The van der Waals surface area contributed by atoms with Gasteiger partial charge in [0.15, 0.2) is 0 Å². The molecule has 4 heteroatoms. The molecule has 0 unspecified atom stereocenters. The summed E-state index contributed by atoms with van der Waals surface area (Å²) in [5.41, 5.74) is 1.80. The minimum absolute atomic E-state index is 0.119. The van der Waals surface area contributed by atoms with E-state index in [4.69, 9.17) is 5.11 Å². The fraction of sp³-hybridized carbons (Fsp3) is 0.625. The molecule has 0 spiro atoms. The minimum Gasteiger partial charge on any atom is -0.395 e. The van der Waals surface area contributed by atoms with Crippen molar-refractivity contribution in [2.45, 2.75) is 32.7 Å². The molecule has 1 aliphatic rings. The van der Waals surface area contributed by atoms with Gasteiger partial charge in [-0.25, -0.2) is 4.39 Å². The third-order valence-corrected chi connectivity index (χ3v) is 3.88. The van der Waals surface area contributed by atoms with E-state index in [1.165, 1.54) is 18.9 Å². The van der Waals surface area contributed by atoms with Crippen LogP contribution in [0.2, 0.25) is 0 Å². The molecule has 0 amide bonds. The van der Waals surface area contributed by atoms with Crippen molar-refractivity contribution >= 4 is 5.69 Å². The van der Waals surface area contributed by atoms with E-state index in [9.17, 15) is 4.39 Å².